The number of hydrogen-bond acceptors (Lipinski definition) is 5. The molecular weight excluding hydrogens is 525 g/mol. The Bertz CT molecular complexity index is 1590. The molecule has 2 unspecified atom stereocenters. The molecule has 2 heterocycles. The Morgan fingerprint density at radius 1 is 1.11 bits per heavy atom. The maximum Gasteiger partial charge on any atom is 0.328 e. The number of hydrogen-bond donors (Lipinski definition) is 5. The Morgan fingerprint density at radius 2 is 1.76 bits per heavy atom. The molecule has 5 N–H and O–H groups in total. The van der Waals surface area contributed by atoms with Crippen LogP contribution in [0.4, 0.5) is 17.6 Å². The van der Waals surface area contributed by atoms with Crippen molar-refractivity contribution in [2.75, 3.05) is 6.16 Å². The van der Waals surface area contributed by atoms with Gasteiger partial charge in [0.05, 0.1) is 23.1 Å². The summed E-state index contributed by atoms with van der Waals surface area (Å²) in [5.74, 6) is -10.3. The van der Waals surface area contributed by atoms with Gasteiger partial charge >= 0.3 is 13.6 Å². The Labute approximate surface area is 204 Å². The molecule has 16 heteroatoms. The number of aliphatic carboxylic acids is 1. The highest BCUT2D eigenvalue weighted by molar-refractivity contribution is 7.51. The Morgan fingerprint density at radius 3 is 2.38 bits per heavy atom. The van der Waals surface area contributed by atoms with Gasteiger partial charge in [0.15, 0.2) is 23.3 Å². The number of nitrogens with one attached hydrogen (secondary N) is 2. The van der Waals surface area contributed by atoms with Crippen LogP contribution in [0.1, 0.15) is 34.8 Å². The first kappa shape index (κ1) is 26.3. The number of aromatic nitrogens is 4. The van der Waals surface area contributed by atoms with Gasteiger partial charge in [0, 0.05) is 12.6 Å². The van der Waals surface area contributed by atoms with E-state index in [1.807, 2.05) is 0 Å². The first-order valence-corrected chi connectivity index (χ1v) is 12.3. The third-order valence-electron chi connectivity index (χ3n) is 5.73. The van der Waals surface area contributed by atoms with Crippen LogP contribution in [-0.4, -0.2) is 58.5 Å². The van der Waals surface area contributed by atoms with Gasteiger partial charge in [0.1, 0.15) is 28.7 Å². The number of amides is 1. The lowest BCUT2D eigenvalue weighted by Gasteiger charge is -2.15. The van der Waals surface area contributed by atoms with Crippen LogP contribution in [0.3, 0.4) is 0 Å². The molecule has 1 amide bonds. The highest BCUT2D eigenvalue weighted by Gasteiger charge is 2.30. The average molecular weight is 543 g/mol. The van der Waals surface area contributed by atoms with Crippen molar-refractivity contribution in [2.45, 2.75) is 18.9 Å². The Hall–Kier alpha value is -3.81. The normalized spacial score (nSPS) is 13.7. The molecule has 11 nitrogen and oxygen atoms in total. The molecule has 4 aromatic rings. The summed E-state index contributed by atoms with van der Waals surface area (Å²) >= 11 is 0. The second-order valence-corrected chi connectivity index (χ2v) is 9.96. The van der Waals surface area contributed by atoms with Crippen molar-refractivity contribution < 1.29 is 46.6 Å². The van der Waals surface area contributed by atoms with Crippen molar-refractivity contribution >= 4 is 41.5 Å². The van der Waals surface area contributed by atoms with Gasteiger partial charge in [0.25, 0.3) is 5.91 Å². The molecule has 0 radical (unpaired) electrons. The van der Waals surface area contributed by atoms with Crippen LogP contribution >= 0.6 is 7.60 Å². The summed E-state index contributed by atoms with van der Waals surface area (Å²) in [6.07, 6.45) is -1.10. The molecule has 0 aliphatic carbocycles. The van der Waals surface area contributed by atoms with E-state index in [1.54, 1.807) is 14.0 Å². The summed E-state index contributed by atoms with van der Waals surface area (Å²) < 4.78 is 68.1. The van der Waals surface area contributed by atoms with E-state index in [2.05, 4.69) is 20.3 Å². The molecule has 0 saturated carbocycles. The van der Waals surface area contributed by atoms with Crippen LogP contribution in [0.5, 0.6) is 0 Å². The Kier molecular flexibility index (Phi) is 6.56. The molecule has 2 atom stereocenters. The third kappa shape index (κ3) is 4.80. The van der Waals surface area contributed by atoms with Crippen molar-refractivity contribution in [2.24, 2.45) is 7.05 Å². The largest absolute Gasteiger partial charge is 0.480 e. The Balaban J connectivity index is 1.68. The van der Waals surface area contributed by atoms with Crippen molar-refractivity contribution in [1.29, 1.82) is 0 Å². The number of nitrogens with zero attached hydrogens (tertiary/aromatic N) is 3. The molecule has 37 heavy (non-hydrogen) atoms. The minimum atomic E-state index is -4.74. The number of aromatic amines is 1. The number of aryl methyl sites for hydroxylation is 1. The summed E-state index contributed by atoms with van der Waals surface area (Å²) in [6, 6.07) is 2.26. The van der Waals surface area contributed by atoms with E-state index >= 15 is 0 Å². The number of imidazole rings is 2. The number of carbonyl (C=O) groups excluding carboxylic acids is 1. The second-order valence-electron chi connectivity index (χ2n) is 8.27. The van der Waals surface area contributed by atoms with E-state index in [9.17, 15) is 31.7 Å². The number of fused-ring (bicyclic) bond motifs is 2. The summed E-state index contributed by atoms with van der Waals surface area (Å²) in [6.45, 7) is 1.56. The monoisotopic (exact) mass is 543 g/mol. The number of halogens is 4. The van der Waals surface area contributed by atoms with Crippen LogP contribution < -0.4 is 5.32 Å². The van der Waals surface area contributed by atoms with Gasteiger partial charge in [-0.2, -0.15) is 0 Å². The van der Waals surface area contributed by atoms with Crippen LogP contribution in [0.25, 0.3) is 22.1 Å². The summed E-state index contributed by atoms with van der Waals surface area (Å²) in [5.41, 5.74) is -0.664. The van der Waals surface area contributed by atoms with Crippen LogP contribution in [0, 0.1) is 23.3 Å². The quantitative estimate of drug-likeness (QED) is 0.102. The minimum Gasteiger partial charge on any atom is -0.480 e. The molecular formula is C21H18F4N5O6P. The summed E-state index contributed by atoms with van der Waals surface area (Å²) in [5, 5.41) is 11.2. The van der Waals surface area contributed by atoms with Crippen LogP contribution in [0.2, 0.25) is 0 Å². The molecule has 196 valence electrons. The zero-order chi connectivity index (χ0) is 27.4. The number of benzene rings is 2. The maximum absolute atomic E-state index is 14.1. The maximum atomic E-state index is 14.1. The minimum absolute atomic E-state index is 0.0366. The fourth-order valence-electron chi connectivity index (χ4n) is 3.84. The second kappa shape index (κ2) is 9.25. The molecule has 4 rings (SSSR count). The lowest BCUT2D eigenvalue weighted by molar-refractivity contribution is -0.138. The SMILES string of the molecule is CC(c1nc2c(F)c(F)c(F)c(F)c2[nH]1)c1nc2ccc(C(=O)NC(CP(=O)(O)O)C(=O)O)cc2n1C. The van der Waals surface area contributed by atoms with Gasteiger partial charge < -0.3 is 29.8 Å². The molecule has 2 aromatic heterocycles. The van der Waals surface area contributed by atoms with Crippen molar-refractivity contribution in [1.82, 2.24) is 24.8 Å². The number of rotatable bonds is 7. The lowest BCUT2D eigenvalue weighted by Crippen LogP contribution is -2.43. The first-order chi connectivity index (χ1) is 17.2. The first-order valence-electron chi connectivity index (χ1n) is 10.5. The van der Waals surface area contributed by atoms with Gasteiger partial charge in [-0.1, -0.05) is 0 Å². The zero-order valence-electron chi connectivity index (χ0n) is 19.0. The van der Waals surface area contributed by atoms with Gasteiger partial charge in [0.2, 0.25) is 0 Å². The van der Waals surface area contributed by atoms with Gasteiger partial charge in [-0.05, 0) is 25.1 Å². The highest BCUT2D eigenvalue weighted by Crippen LogP contribution is 2.35. The number of H-pyrrole nitrogens is 1. The third-order valence-corrected chi connectivity index (χ3v) is 6.57. The molecule has 0 aliphatic rings. The molecule has 0 aliphatic heterocycles. The van der Waals surface area contributed by atoms with E-state index in [4.69, 9.17) is 14.9 Å². The molecule has 0 bridgehead atoms. The van der Waals surface area contributed by atoms with Crippen LogP contribution in [-0.2, 0) is 16.4 Å². The predicted octanol–water partition coefficient (Wildman–Crippen LogP) is 2.52. The topological polar surface area (TPSA) is 170 Å². The van der Waals surface area contributed by atoms with E-state index < -0.39 is 71.9 Å². The molecule has 2 aromatic carbocycles. The van der Waals surface area contributed by atoms with Gasteiger partial charge in [-0.15, -0.1) is 0 Å². The van der Waals surface area contributed by atoms with E-state index in [1.165, 1.54) is 22.8 Å². The van der Waals surface area contributed by atoms with Crippen molar-refractivity contribution in [3.63, 3.8) is 0 Å². The molecule has 0 spiro atoms. The lowest BCUT2D eigenvalue weighted by atomic mass is 10.1. The van der Waals surface area contributed by atoms with Crippen molar-refractivity contribution in [3.8, 4) is 0 Å². The standard InChI is InChI=1S/C21H18F4N5O6P/c1-7(18-28-16-14(24)12(22)13(23)15(25)17(16)29-18)19-26-9-4-3-8(5-11(9)30(19)2)20(31)27-10(21(32)33)6-37(34,35)36/h3-5,7,10H,6H2,1-2H3,(H,27,31)(H,28,29)(H,32,33)(H2,34,35,36). The number of carbonyl (C=O) groups is 2. The number of carboxylic acid groups (broad SMARTS) is 1. The fraction of sp³-hybridized carbons (Fsp3) is 0.238. The van der Waals surface area contributed by atoms with E-state index in [0.717, 1.165) is 0 Å². The van der Waals surface area contributed by atoms with Crippen molar-refractivity contribution in [3.05, 3.63) is 58.7 Å². The van der Waals surface area contributed by atoms with Crippen LogP contribution in [0.15, 0.2) is 18.2 Å². The molecule has 0 saturated heterocycles. The summed E-state index contributed by atoms with van der Waals surface area (Å²) in [4.78, 5) is 52.7. The smallest absolute Gasteiger partial charge is 0.328 e. The van der Waals surface area contributed by atoms with Gasteiger partial charge in [-0.3, -0.25) is 9.36 Å². The highest BCUT2D eigenvalue weighted by atomic mass is 31.2. The van der Waals surface area contributed by atoms with E-state index in [0.29, 0.717) is 16.9 Å². The zero-order valence-corrected chi connectivity index (χ0v) is 19.9. The number of carboxylic acids is 1. The average Bonchev–Trinajstić information content (AvgIpc) is 3.41. The summed E-state index contributed by atoms with van der Waals surface area (Å²) in [7, 11) is -3.18. The van der Waals surface area contributed by atoms with Gasteiger partial charge in [-0.25, -0.2) is 32.3 Å². The molecule has 0 fully saturated rings. The predicted molar refractivity (Wildman–Crippen MR) is 120 cm³/mol. The fourth-order valence-corrected chi connectivity index (χ4v) is 4.57. The van der Waals surface area contributed by atoms with E-state index in [-0.39, 0.29) is 11.4 Å².